The topological polar surface area (TPSA) is 140 Å². The van der Waals surface area contributed by atoms with Crippen LogP contribution in [-0.4, -0.2) is 23.0 Å². The predicted octanol–water partition coefficient (Wildman–Crippen LogP) is 0.258. The molecule has 0 bridgehead atoms. The van der Waals surface area contributed by atoms with E-state index < -0.39 is 5.97 Å². The van der Waals surface area contributed by atoms with E-state index in [-0.39, 0.29) is 28.2 Å². The quantitative estimate of drug-likeness (QED) is 0.443. The second-order valence-electron chi connectivity index (χ2n) is 2.97. The molecule has 0 aliphatic carbocycles. The van der Waals surface area contributed by atoms with Crippen molar-refractivity contribution in [1.29, 1.82) is 0 Å². The average molecular weight is 256 g/mol. The van der Waals surface area contributed by atoms with Crippen LogP contribution in [0.4, 0.5) is 5.69 Å². The number of nitrogens with zero attached hydrogens (tertiary/aromatic N) is 2. The highest BCUT2D eigenvalue weighted by Gasteiger charge is 2.10. The van der Waals surface area contributed by atoms with Gasteiger partial charge < -0.3 is 22.3 Å². The summed E-state index contributed by atoms with van der Waals surface area (Å²) < 4.78 is 0. The van der Waals surface area contributed by atoms with E-state index in [4.69, 9.17) is 33.9 Å². The van der Waals surface area contributed by atoms with Gasteiger partial charge in [0, 0.05) is 5.02 Å². The van der Waals surface area contributed by atoms with Gasteiger partial charge in [-0.2, -0.15) is 4.99 Å². The Kier molecular flexibility index (Phi) is 3.89. The molecule has 1 rings (SSSR count). The van der Waals surface area contributed by atoms with Crippen LogP contribution in [0, 0.1) is 0 Å². The van der Waals surface area contributed by atoms with E-state index in [1.807, 2.05) is 0 Å². The van der Waals surface area contributed by atoms with E-state index in [0.717, 1.165) is 0 Å². The third-order valence-corrected chi connectivity index (χ3v) is 1.90. The zero-order valence-electron chi connectivity index (χ0n) is 8.59. The van der Waals surface area contributed by atoms with E-state index in [2.05, 4.69) is 9.98 Å². The SMILES string of the molecule is NC(N)=NC(N)=Nc1ccc(Cl)cc1C(=O)O. The first-order chi connectivity index (χ1) is 7.90. The molecule has 17 heavy (non-hydrogen) atoms. The van der Waals surface area contributed by atoms with Crippen LogP contribution in [-0.2, 0) is 0 Å². The lowest BCUT2D eigenvalue weighted by Gasteiger charge is -2.02. The van der Waals surface area contributed by atoms with Crippen molar-refractivity contribution in [3.05, 3.63) is 28.8 Å². The predicted molar refractivity (Wildman–Crippen MR) is 65.5 cm³/mol. The lowest BCUT2D eigenvalue weighted by molar-refractivity contribution is 0.0698. The number of halogens is 1. The normalized spacial score (nSPS) is 11.0. The molecule has 90 valence electrons. The number of carboxylic acids is 1. The number of hydrogen-bond donors (Lipinski definition) is 4. The molecule has 0 radical (unpaired) electrons. The number of carboxylic acid groups (broad SMARTS) is 1. The summed E-state index contributed by atoms with van der Waals surface area (Å²) in [5, 5.41) is 9.21. The van der Waals surface area contributed by atoms with Crippen molar-refractivity contribution < 1.29 is 9.90 Å². The van der Waals surface area contributed by atoms with Crippen molar-refractivity contribution in [1.82, 2.24) is 0 Å². The van der Waals surface area contributed by atoms with Crippen LogP contribution in [0.3, 0.4) is 0 Å². The van der Waals surface area contributed by atoms with Crippen molar-refractivity contribution in [2.24, 2.45) is 27.2 Å². The first-order valence-electron chi connectivity index (χ1n) is 4.37. The number of hydrogen-bond acceptors (Lipinski definition) is 2. The highest BCUT2D eigenvalue weighted by Crippen LogP contribution is 2.23. The van der Waals surface area contributed by atoms with Gasteiger partial charge in [-0.1, -0.05) is 11.6 Å². The number of nitrogens with two attached hydrogens (primary N) is 3. The molecule has 0 aromatic heterocycles. The van der Waals surface area contributed by atoms with Crippen molar-refractivity contribution in [3.8, 4) is 0 Å². The zero-order valence-corrected chi connectivity index (χ0v) is 9.35. The number of aliphatic imine (C=N–C) groups is 2. The minimum absolute atomic E-state index is 0.0914. The summed E-state index contributed by atoms with van der Waals surface area (Å²) in [7, 11) is 0. The summed E-state index contributed by atoms with van der Waals surface area (Å²) in [6, 6.07) is 4.14. The highest BCUT2D eigenvalue weighted by atomic mass is 35.5. The van der Waals surface area contributed by atoms with Crippen molar-refractivity contribution in [3.63, 3.8) is 0 Å². The molecule has 8 heteroatoms. The third-order valence-electron chi connectivity index (χ3n) is 1.67. The highest BCUT2D eigenvalue weighted by molar-refractivity contribution is 6.31. The molecule has 0 heterocycles. The second kappa shape index (κ2) is 5.17. The Morgan fingerprint density at radius 1 is 1.29 bits per heavy atom. The van der Waals surface area contributed by atoms with E-state index in [1.165, 1.54) is 18.2 Å². The summed E-state index contributed by atoms with van der Waals surface area (Å²) >= 11 is 5.67. The number of guanidine groups is 2. The first-order valence-corrected chi connectivity index (χ1v) is 4.74. The summed E-state index contributed by atoms with van der Waals surface area (Å²) in [6.07, 6.45) is 0. The molecular formula is C9H10ClN5O2. The molecule has 0 amide bonds. The average Bonchev–Trinajstić information content (AvgIpc) is 2.19. The van der Waals surface area contributed by atoms with Gasteiger partial charge in [0.05, 0.1) is 11.3 Å². The van der Waals surface area contributed by atoms with E-state index in [1.54, 1.807) is 0 Å². The fourth-order valence-electron chi connectivity index (χ4n) is 1.06. The molecule has 7 N–H and O–H groups in total. The molecular weight excluding hydrogens is 246 g/mol. The van der Waals surface area contributed by atoms with Gasteiger partial charge in [-0.15, -0.1) is 0 Å². The molecule has 0 aliphatic heterocycles. The van der Waals surface area contributed by atoms with Crippen molar-refractivity contribution >= 4 is 35.2 Å². The van der Waals surface area contributed by atoms with Crippen molar-refractivity contribution in [2.45, 2.75) is 0 Å². The second-order valence-corrected chi connectivity index (χ2v) is 3.41. The Hall–Kier alpha value is -2.28. The maximum atomic E-state index is 10.9. The van der Waals surface area contributed by atoms with E-state index >= 15 is 0 Å². The summed E-state index contributed by atoms with van der Waals surface area (Å²) in [5.41, 5.74) is 15.6. The number of rotatable bonds is 2. The van der Waals surface area contributed by atoms with E-state index in [9.17, 15) is 4.79 Å². The van der Waals surface area contributed by atoms with Crippen LogP contribution in [0.5, 0.6) is 0 Å². The van der Waals surface area contributed by atoms with Gasteiger partial charge in [0.1, 0.15) is 0 Å². The Bertz CT molecular complexity index is 508. The van der Waals surface area contributed by atoms with Crippen LogP contribution in [0.1, 0.15) is 10.4 Å². The molecule has 0 saturated carbocycles. The van der Waals surface area contributed by atoms with Gasteiger partial charge in [-0.25, -0.2) is 9.79 Å². The molecule has 0 aliphatic rings. The van der Waals surface area contributed by atoms with Crippen LogP contribution in [0.2, 0.25) is 5.02 Å². The van der Waals surface area contributed by atoms with Gasteiger partial charge >= 0.3 is 5.97 Å². The lowest BCUT2D eigenvalue weighted by Crippen LogP contribution is -2.26. The molecule has 1 aromatic carbocycles. The number of carbonyl (C=O) groups is 1. The summed E-state index contributed by atoms with van der Waals surface area (Å²) in [6.45, 7) is 0. The molecule has 0 saturated heterocycles. The van der Waals surface area contributed by atoms with Crippen LogP contribution in [0.25, 0.3) is 0 Å². The fraction of sp³-hybridized carbons (Fsp3) is 0. The lowest BCUT2D eigenvalue weighted by atomic mass is 10.2. The van der Waals surface area contributed by atoms with Gasteiger partial charge in [0.25, 0.3) is 0 Å². The van der Waals surface area contributed by atoms with E-state index in [0.29, 0.717) is 0 Å². The molecule has 0 unspecified atom stereocenters. The maximum Gasteiger partial charge on any atom is 0.337 e. The Morgan fingerprint density at radius 3 is 2.47 bits per heavy atom. The fourth-order valence-corrected chi connectivity index (χ4v) is 1.23. The monoisotopic (exact) mass is 255 g/mol. The molecule has 1 aromatic rings. The largest absolute Gasteiger partial charge is 0.478 e. The molecule has 7 nitrogen and oxygen atoms in total. The smallest absolute Gasteiger partial charge is 0.337 e. The Balaban J connectivity index is 3.23. The Morgan fingerprint density at radius 2 is 1.94 bits per heavy atom. The summed E-state index contributed by atoms with van der Waals surface area (Å²) in [4.78, 5) is 18.2. The first kappa shape index (κ1) is 12.8. The van der Waals surface area contributed by atoms with Gasteiger partial charge in [-0.3, -0.25) is 0 Å². The van der Waals surface area contributed by atoms with Crippen LogP contribution < -0.4 is 17.2 Å². The van der Waals surface area contributed by atoms with Crippen LogP contribution >= 0.6 is 11.6 Å². The maximum absolute atomic E-state index is 10.9. The molecule has 0 spiro atoms. The Labute approximate surface area is 102 Å². The van der Waals surface area contributed by atoms with Gasteiger partial charge in [0.15, 0.2) is 5.96 Å². The zero-order chi connectivity index (χ0) is 13.0. The summed E-state index contributed by atoms with van der Waals surface area (Å²) in [5.74, 6) is -1.68. The number of aromatic carboxylic acids is 1. The van der Waals surface area contributed by atoms with Crippen LogP contribution in [0.15, 0.2) is 28.2 Å². The third kappa shape index (κ3) is 3.65. The van der Waals surface area contributed by atoms with Crippen molar-refractivity contribution in [2.75, 3.05) is 0 Å². The van der Waals surface area contributed by atoms with Gasteiger partial charge in [0.2, 0.25) is 5.96 Å². The number of benzene rings is 1. The standard InChI is InChI=1S/C9H10ClN5O2/c10-4-1-2-6(5(3-4)7(16)17)14-9(13)15-8(11)12/h1-3H,(H,16,17)(H6,11,12,13,14,15). The molecule has 0 atom stereocenters. The minimum atomic E-state index is -1.18. The minimum Gasteiger partial charge on any atom is -0.478 e. The van der Waals surface area contributed by atoms with Gasteiger partial charge in [-0.05, 0) is 18.2 Å². The molecule has 0 fully saturated rings.